The monoisotopic (exact) mass is 456 g/mol. The van der Waals surface area contributed by atoms with Crippen molar-refractivity contribution in [1.29, 1.82) is 5.41 Å². The van der Waals surface area contributed by atoms with E-state index in [0.717, 1.165) is 11.3 Å². The van der Waals surface area contributed by atoms with E-state index < -0.39 is 10.0 Å². The summed E-state index contributed by atoms with van der Waals surface area (Å²) in [6, 6.07) is 12.2. The summed E-state index contributed by atoms with van der Waals surface area (Å²) >= 11 is 6.15. The van der Waals surface area contributed by atoms with Crippen molar-refractivity contribution < 1.29 is 8.42 Å². The number of anilines is 4. The first-order valence-corrected chi connectivity index (χ1v) is 11.4. The van der Waals surface area contributed by atoms with Gasteiger partial charge in [0.15, 0.2) is 5.82 Å². The minimum atomic E-state index is -3.78. The third-order valence-corrected chi connectivity index (χ3v) is 7.08. The molecule has 0 amide bonds. The Morgan fingerprint density at radius 3 is 2.58 bits per heavy atom. The second-order valence-electron chi connectivity index (χ2n) is 7.10. The predicted octanol–water partition coefficient (Wildman–Crippen LogP) is 3.97. The summed E-state index contributed by atoms with van der Waals surface area (Å²) in [6.07, 6.45) is 1.70. The van der Waals surface area contributed by atoms with Crippen LogP contribution in [0.3, 0.4) is 0 Å². The summed E-state index contributed by atoms with van der Waals surface area (Å²) in [6.45, 7) is 2.15. The van der Waals surface area contributed by atoms with Crippen LogP contribution in [-0.4, -0.2) is 38.2 Å². The van der Waals surface area contributed by atoms with Crippen molar-refractivity contribution in [2.75, 3.05) is 28.5 Å². The topological polar surface area (TPSA) is 111 Å². The molecule has 3 N–H and O–H groups in total. The average Bonchev–Trinajstić information content (AvgIpc) is 3.18. The number of sulfonamides is 1. The molecule has 0 spiro atoms. The van der Waals surface area contributed by atoms with E-state index >= 15 is 0 Å². The van der Waals surface area contributed by atoms with Gasteiger partial charge in [0.1, 0.15) is 5.82 Å². The highest BCUT2D eigenvalue weighted by molar-refractivity contribution is 7.92. The third-order valence-electron chi connectivity index (χ3n) is 5.11. The van der Waals surface area contributed by atoms with Gasteiger partial charge in [-0.05, 0) is 55.3 Å². The lowest BCUT2D eigenvalue weighted by atomic mass is 10.1. The van der Waals surface area contributed by atoms with Gasteiger partial charge in [0.05, 0.1) is 4.90 Å². The van der Waals surface area contributed by atoms with E-state index in [1.54, 1.807) is 37.4 Å². The van der Waals surface area contributed by atoms with Gasteiger partial charge in [-0.3, -0.25) is 0 Å². The van der Waals surface area contributed by atoms with Crippen molar-refractivity contribution in [3.8, 4) is 0 Å². The number of hydrogen-bond acceptors (Lipinski definition) is 7. The largest absolute Gasteiger partial charge is 0.388 e. The summed E-state index contributed by atoms with van der Waals surface area (Å²) in [5, 5.41) is 13.8. The fourth-order valence-electron chi connectivity index (χ4n) is 3.50. The SMILES string of the molecule is CNc1ccc(Nc2nc(Cl)nc3c2CCN3S(=O)(=O)c2ccc(C)cc2)cc1C=N. The summed E-state index contributed by atoms with van der Waals surface area (Å²) in [5.41, 5.74) is 3.88. The number of rotatable bonds is 6. The quantitative estimate of drug-likeness (QED) is 0.382. The summed E-state index contributed by atoms with van der Waals surface area (Å²) in [4.78, 5) is 8.71. The molecule has 1 aliphatic heterocycles. The van der Waals surface area contributed by atoms with Gasteiger partial charge >= 0.3 is 0 Å². The van der Waals surface area contributed by atoms with Gasteiger partial charge in [-0.2, -0.15) is 4.98 Å². The maximum Gasteiger partial charge on any atom is 0.265 e. The van der Waals surface area contributed by atoms with Crippen LogP contribution in [-0.2, 0) is 16.4 Å². The van der Waals surface area contributed by atoms with Crippen LogP contribution in [0, 0.1) is 12.3 Å². The first-order chi connectivity index (χ1) is 14.8. The number of nitrogens with one attached hydrogen (secondary N) is 3. The third kappa shape index (κ3) is 3.94. The molecular weight excluding hydrogens is 436 g/mol. The maximum atomic E-state index is 13.2. The highest BCUT2D eigenvalue weighted by Gasteiger charge is 2.34. The minimum absolute atomic E-state index is 0.0496. The average molecular weight is 457 g/mol. The number of nitrogens with zero attached hydrogens (tertiary/aromatic N) is 3. The number of aromatic nitrogens is 2. The standard InChI is InChI=1S/C21H21ClN6O2S/c1-13-3-6-16(7-4-13)31(29,30)28-10-9-17-19(26-21(22)27-20(17)28)25-15-5-8-18(24-2)14(11-15)12-23/h3-8,11-12,23-24H,9-10H2,1-2H3,(H,25,26,27). The van der Waals surface area contributed by atoms with Crippen LogP contribution in [0.5, 0.6) is 0 Å². The molecule has 0 atom stereocenters. The van der Waals surface area contributed by atoms with Gasteiger partial charge in [0.25, 0.3) is 10.0 Å². The molecule has 0 saturated heterocycles. The van der Waals surface area contributed by atoms with Crippen LogP contribution >= 0.6 is 11.6 Å². The molecule has 8 nitrogen and oxygen atoms in total. The Balaban J connectivity index is 1.72. The van der Waals surface area contributed by atoms with E-state index in [1.165, 1.54) is 10.5 Å². The van der Waals surface area contributed by atoms with Crippen molar-refractivity contribution in [3.63, 3.8) is 0 Å². The van der Waals surface area contributed by atoms with Gasteiger partial charge in [-0.15, -0.1) is 0 Å². The second-order valence-corrected chi connectivity index (χ2v) is 9.31. The highest BCUT2D eigenvalue weighted by atomic mass is 35.5. The molecule has 160 valence electrons. The van der Waals surface area contributed by atoms with E-state index in [4.69, 9.17) is 17.0 Å². The number of aryl methyl sites for hydroxylation is 1. The zero-order chi connectivity index (χ0) is 22.2. The van der Waals surface area contributed by atoms with E-state index in [9.17, 15) is 8.42 Å². The van der Waals surface area contributed by atoms with Gasteiger partial charge in [0.2, 0.25) is 5.28 Å². The van der Waals surface area contributed by atoms with Crippen LogP contribution < -0.4 is 14.9 Å². The van der Waals surface area contributed by atoms with Crippen molar-refractivity contribution >= 4 is 50.8 Å². The highest BCUT2D eigenvalue weighted by Crippen LogP contribution is 2.37. The Kier molecular flexibility index (Phi) is 5.55. The number of benzene rings is 2. The van der Waals surface area contributed by atoms with E-state index in [-0.39, 0.29) is 22.5 Å². The van der Waals surface area contributed by atoms with Crippen molar-refractivity contribution in [1.82, 2.24) is 9.97 Å². The van der Waals surface area contributed by atoms with Crippen LogP contribution in [0.25, 0.3) is 0 Å². The number of hydrogen-bond donors (Lipinski definition) is 3. The normalized spacial score (nSPS) is 13.1. The van der Waals surface area contributed by atoms with Crippen LogP contribution in [0.4, 0.5) is 23.0 Å². The number of halogens is 1. The Bertz CT molecular complexity index is 1260. The first-order valence-electron chi connectivity index (χ1n) is 9.58. The lowest BCUT2D eigenvalue weighted by Gasteiger charge is -2.19. The second kappa shape index (κ2) is 8.16. The smallest absolute Gasteiger partial charge is 0.265 e. The van der Waals surface area contributed by atoms with Crippen LogP contribution in [0.2, 0.25) is 5.28 Å². The fourth-order valence-corrected chi connectivity index (χ4v) is 5.11. The molecule has 4 rings (SSSR count). The summed E-state index contributed by atoms with van der Waals surface area (Å²) < 4.78 is 27.7. The molecule has 0 radical (unpaired) electrons. The zero-order valence-corrected chi connectivity index (χ0v) is 18.5. The lowest BCUT2D eigenvalue weighted by Crippen LogP contribution is -2.29. The molecule has 0 bridgehead atoms. The van der Waals surface area contributed by atoms with Crippen molar-refractivity contribution in [2.45, 2.75) is 18.2 Å². The van der Waals surface area contributed by atoms with Crippen LogP contribution in [0.1, 0.15) is 16.7 Å². The molecule has 0 saturated carbocycles. The molecular formula is C21H21ClN6O2S. The fraction of sp³-hybridized carbons (Fsp3) is 0.190. The molecule has 0 aliphatic carbocycles. The van der Waals surface area contributed by atoms with Crippen molar-refractivity contribution in [2.24, 2.45) is 0 Å². The summed E-state index contributed by atoms with van der Waals surface area (Å²) in [7, 11) is -1.99. The predicted molar refractivity (Wildman–Crippen MR) is 124 cm³/mol. The zero-order valence-electron chi connectivity index (χ0n) is 17.0. The molecule has 2 heterocycles. The lowest BCUT2D eigenvalue weighted by molar-refractivity contribution is 0.592. The Morgan fingerprint density at radius 1 is 1.16 bits per heavy atom. The van der Waals surface area contributed by atoms with E-state index in [2.05, 4.69) is 20.6 Å². The molecule has 10 heteroatoms. The van der Waals surface area contributed by atoms with E-state index in [1.807, 2.05) is 19.1 Å². The minimum Gasteiger partial charge on any atom is -0.388 e. The molecule has 0 fully saturated rings. The molecule has 3 aromatic rings. The van der Waals surface area contributed by atoms with E-state index in [0.29, 0.717) is 29.1 Å². The van der Waals surface area contributed by atoms with Gasteiger partial charge in [-0.1, -0.05) is 17.7 Å². The maximum absolute atomic E-state index is 13.2. The van der Waals surface area contributed by atoms with Gasteiger partial charge in [-0.25, -0.2) is 17.7 Å². The molecule has 1 aliphatic rings. The Hall–Kier alpha value is -3.17. The van der Waals surface area contributed by atoms with Gasteiger partial charge < -0.3 is 16.0 Å². The Morgan fingerprint density at radius 2 is 1.90 bits per heavy atom. The first kappa shape index (κ1) is 21.1. The van der Waals surface area contributed by atoms with Gasteiger partial charge in [0, 0.05) is 42.3 Å². The molecule has 31 heavy (non-hydrogen) atoms. The summed E-state index contributed by atoms with van der Waals surface area (Å²) in [5.74, 6) is 0.729. The van der Waals surface area contributed by atoms with Crippen molar-refractivity contribution in [3.05, 3.63) is 64.4 Å². The molecule has 1 aromatic heterocycles. The van der Waals surface area contributed by atoms with Crippen LogP contribution in [0.15, 0.2) is 47.4 Å². The molecule has 0 unspecified atom stereocenters. The number of fused-ring (bicyclic) bond motifs is 1. The Labute approximate surface area is 185 Å². The molecule has 2 aromatic carbocycles.